The lowest BCUT2D eigenvalue weighted by Crippen LogP contribution is -1.80. The fraction of sp³-hybridized carbons (Fsp3) is 0. The zero-order chi connectivity index (χ0) is 19.7. The maximum atomic E-state index is 6.13. The molecule has 0 spiro atoms. The van der Waals surface area contributed by atoms with Gasteiger partial charge in [0, 0.05) is 32.6 Å². The van der Waals surface area contributed by atoms with Crippen LogP contribution in [0.4, 0.5) is 0 Å². The van der Waals surface area contributed by atoms with Gasteiger partial charge in [0.25, 0.3) is 0 Å². The van der Waals surface area contributed by atoms with Crippen LogP contribution in [0.3, 0.4) is 0 Å². The van der Waals surface area contributed by atoms with Crippen molar-refractivity contribution in [2.45, 2.75) is 0 Å². The molecule has 0 aliphatic carbocycles. The molecule has 0 radical (unpaired) electrons. The molecule has 2 nitrogen and oxygen atoms in total. The number of aromatic nitrogens is 1. The van der Waals surface area contributed by atoms with Gasteiger partial charge in [-0.15, -0.1) is 0 Å². The Morgan fingerprint density at radius 3 is 2.33 bits per heavy atom. The smallest absolute Gasteiger partial charge is 0.136 e. The van der Waals surface area contributed by atoms with Crippen molar-refractivity contribution in [1.82, 2.24) is 4.98 Å². The predicted octanol–water partition coefficient (Wildman–Crippen LogP) is 8.04. The average molecular weight is 383 g/mol. The van der Waals surface area contributed by atoms with Crippen LogP contribution in [0.1, 0.15) is 0 Å². The van der Waals surface area contributed by atoms with Crippen LogP contribution in [-0.2, 0) is 0 Å². The van der Waals surface area contributed by atoms with Crippen LogP contribution in [0.15, 0.2) is 101 Å². The van der Waals surface area contributed by atoms with E-state index in [0.29, 0.717) is 0 Å². The average Bonchev–Trinajstić information content (AvgIpc) is 3.36. The molecule has 0 amide bonds. The summed E-state index contributed by atoms with van der Waals surface area (Å²) in [6, 6.07) is 34.2. The molecule has 0 saturated heterocycles. The first-order valence-corrected chi connectivity index (χ1v) is 10.2. The maximum absolute atomic E-state index is 6.13. The van der Waals surface area contributed by atoms with Crippen molar-refractivity contribution in [2.75, 3.05) is 0 Å². The standard InChI is InChI=1S/C28H17NO/c1-2-7-19-17(6-1)13-15-24-27(19)23-10-5-9-20(28(23)29-24)18-12-14-22-21-8-3-4-11-25(21)30-26(22)16-18/h1-16,29H. The summed E-state index contributed by atoms with van der Waals surface area (Å²) in [5.74, 6) is 0. The van der Waals surface area contributed by atoms with Gasteiger partial charge in [-0.3, -0.25) is 0 Å². The number of furan rings is 1. The highest BCUT2D eigenvalue weighted by Crippen LogP contribution is 2.38. The molecule has 7 aromatic rings. The second kappa shape index (κ2) is 5.74. The van der Waals surface area contributed by atoms with E-state index in [9.17, 15) is 0 Å². The molecule has 2 heterocycles. The highest BCUT2D eigenvalue weighted by Gasteiger charge is 2.13. The minimum absolute atomic E-state index is 0.923. The van der Waals surface area contributed by atoms with Crippen molar-refractivity contribution in [3.63, 3.8) is 0 Å². The molecule has 0 unspecified atom stereocenters. The van der Waals surface area contributed by atoms with Crippen LogP contribution in [0.2, 0.25) is 0 Å². The molecule has 2 aromatic heterocycles. The van der Waals surface area contributed by atoms with E-state index in [1.54, 1.807) is 0 Å². The molecule has 0 aliphatic rings. The summed E-state index contributed by atoms with van der Waals surface area (Å²) >= 11 is 0. The van der Waals surface area contributed by atoms with Gasteiger partial charge in [0.15, 0.2) is 0 Å². The van der Waals surface area contributed by atoms with Crippen molar-refractivity contribution in [3.05, 3.63) is 97.1 Å². The SMILES string of the molecule is c1ccc2c(c1)ccc1[nH]c3c(-c4ccc5c(c4)oc4ccccc45)cccc3c12. The number of benzene rings is 5. The molecule has 0 bridgehead atoms. The maximum Gasteiger partial charge on any atom is 0.136 e. The van der Waals surface area contributed by atoms with E-state index in [-0.39, 0.29) is 0 Å². The number of para-hydroxylation sites is 2. The van der Waals surface area contributed by atoms with E-state index in [2.05, 4.69) is 89.9 Å². The van der Waals surface area contributed by atoms with Crippen LogP contribution < -0.4 is 0 Å². The van der Waals surface area contributed by atoms with Gasteiger partial charge in [-0.1, -0.05) is 72.8 Å². The zero-order valence-electron chi connectivity index (χ0n) is 16.1. The van der Waals surface area contributed by atoms with Gasteiger partial charge in [-0.05, 0) is 40.6 Å². The normalized spacial score (nSPS) is 12.0. The van der Waals surface area contributed by atoms with Crippen molar-refractivity contribution < 1.29 is 4.42 Å². The summed E-state index contributed by atoms with van der Waals surface area (Å²) < 4.78 is 6.13. The third-order valence-corrected chi connectivity index (χ3v) is 6.21. The molecule has 0 atom stereocenters. The number of fused-ring (bicyclic) bond motifs is 8. The van der Waals surface area contributed by atoms with Gasteiger partial charge in [0.2, 0.25) is 0 Å². The molecule has 0 aliphatic heterocycles. The Hall–Kier alpha value is -4.04. The third-order valence-electron chi connectivity index (χ3n) is 6.21. The first-order chi connectivity index (χ1) is 14.9. The Morgan fingerprint density at radius 2 is 1.37 bits per heavy atom. The van der Waals surface area contributed by atoms with E-state index < -0.39 is 0 Å². The van der Waals surface area contributed by atoms with Crippen LogP contribution in [0.25, 0.3) is 65.6 Å². The minimum atomic E-state index is 0.923. The summed E-state index contributed by atoms with van der Waals surface area (Å²) in [5.41, 5.74) is 6.53. The van der Waals surface area contributed by atoms with Crippen molar-refractivity contribution in [1.29, 1.82) is 0 Å². The number of hydrogen-bond acceptors (Lipinski definition) is 1. The lowest BCUT2D eigenvalue weighted by Gasteiger charge is -2.04. The van der Waals surface area contributed by atoms with Gasteiger partial charge in [-0.25, -0.2) is 0 Å². The highest BCUT2D eigenvalue weighted by atomic mass is 16.3. The van der Waals surface area contributed by atoms with Gasteiger partial charge in [0.1, 0.15) is 11.2 Å². The summed E-state index contributed by atoms with van der Waals surface area (Å²) in [7, 11) is 0. The first-order valence-electron chi connectivity index (χ1n) is 10.2. The quantitative estimate of drug-likeness (QED) is 0.305. The Bertz CT molecular complexity index is 1750. The number of nitrogens with one attached hydrogen (secondary N) is 1. The van der Waals surface area contributed by atoms with Gasteiger partial charge in [0.05, 0.1) is 5.52 Å². The molecule has 30 heavy (non-hydrogen) atoms. The van der Waals surface area contributed by atoms with Crippen molar-refractivity contribution in [2.24, 2.45) is 0 Å². The molecular formula is C28H17NO. The number of aromatic amines is 1. The Balaban J connectivity index is 1.54. The molecule has 0 saturated carbocycles. The number of rotatable bonds is 1. The first kappa shape index (κ1) is 15.8. The molecular weight excluding hydrogens is 366 g/mol. The monoisotopic (exact) mass is 383 g/mol. The van der Waals surface area contributed by atoms with Crippen molar-refractivity contribution in [3.8, 4) is 11.1 Å². The largest absolute Gasteiger partial charge is 0.456 e. The van der Waals surface area contributed by atoms with Gasteiger partial charge in [-0.2, -0.15) is 0 Å². The molecule has 140 valence electrons. The molecule has 0 fully saturated rings. The van der Waals surface area contributed by atoms with Crippen LogP contribution in [-0.4, -0.2) is 4.98 Å². The molecule has 5 aromatic carbocycles. The van der Waals surface area contributed by atoms with Gasteiger partial charge >= 0.3 is 0 Å². The van der Waals surface area contributed by atoms with Crippen LogP contribution in [0, 0.1) is 0 Å². The second-order valence-corrected chi connectivity index (χ2v) is 7.87. The lowest BCUT2D eigenvalue weighted by molar-refractivity contribution is 0.669. The molecule has 7 rings (SSSR count). The Labute approximate surface area is 172 Å². The predicted molar refractivity (Wildman–Crippen MR) is 126 cm³/mol. The Morgan fingerprint density at radius 1 is 0.567 bits per heavy atom. The number of hydrogen-bond donors (Lipinski definition) is 1. The number of H-pyrrole nitrogens is 1. The minimum Gasteiger partial charge on any atom is -0.456 e. The van der Waals surface area contributed by atoms with E-state index in [4.69, 9.17) is 4.42 Å². The highest BCUT2D eigenvalue weighted by molar-refractivity contribution is 6.22. The molecule has 2 heteroatoms. The van der Waals surface area contributed by atoms with Crippen LogP contribution in [0.5, 0.6) is 0 Å². The third kappa shape index (κ3) is 2.08. The van der Waals surface area contributed by atoms with E-state index in [1.807, 2.05) is 12.1 Å². The summed E-state index contributed by atoms with van der Waals surface area (Å²) in [5, 5.41) is 7.41. The fourth-order valence-corrected chi connectivity index (χ4v) is 4.83. The Kier molecular flexibility index (Phi) is 3.03. The van der Waals surface area contributed by atoms with Gasteiger partial charge < -0.3 is 9.40 Å². The summed E-state index contributed by atoms with van der Waals surface area (Å²) in [6.07, 6.45) is 0. The topological polar surface area (TPSA) is 28.9 Å². The lowest BCUT2D eigenvalue weighted by atomic mass is 9.99. The summed E-state index contributed by atoms with van der Waals surface area (Å²) in [4.78, 5) is 3.68. The van der Waals surface area contributed by atoms with E-state index in [0.717, 1.165) is 27.5 Å². The fourth-order valence-electron chi connectivity index (χ4n) is 4.83. The van der Waals surface area contributed by atoms with E-state index >= 15 is 0 Å². The molecule has 1 N–H and O–H groups in total. The van der Waals surface area contributed by atoms with Crippen LogP contribution >= 0.6 is 0 Å². The second-order valence-electron chi connectivity index (χ2n) is 7.87. The van der Waals surface area contributed by atoms with Crippen molar-refractivity contribution >= 4 is 54.5 Å². The zero-order valence-corrected chi connectivity index (χ0v) is 16.1. The summed E-state index contributed by atoms with van der Waals surface area (Å²) in [6.45, 7) is 0. The van der Waals surface area contributed by atoms with E-state index in [1.165, 1.54) is 38.1 Å².